The molecule has 1 amide bonds. The summed E-state index contributed by atoms with van der Waals surface area (Å²) >= 11 is 0. The minimum Gasteiger partial charge on any atom is -0.494 e. The van der Waals surface area contributed by atoms with Gasteiger partial charge in [-0.25, -0.2) is 8.42 Å². The number of aryl methyl sites for hydroxylation is 1. The van der Waals surface area contributed by atoms with Crippen LogP contribution in [0.5, 0.6) is 5.75 Å². The maximum Gasteiger partial charge on any atom is 0.276 e. The molecular formula is C23H28N4O5S. The second-order valence-electron chi connectivity index (χ2n) is 7.99. The molecule has 0 aliphatic carbocycles. The standard InChI is InChI=1S/C23H28N4O5S/c1-3-31-20-7-5-4-6-18(20)15-24-23(28)17-10-12-27(13-11-17)33(29,30)22-9-8-21(32-22)19-14-16(2)25-26-19/h4-9,14,17H,3,10-13,15H2,1-2H3,(H,24,28)(H,25,26). The van der Waals surface area contributed by atoms with Gasteiger partial charge in [0.1, 0.15) is 11.4 Å². The number of amides is 1. The number of nitrogens with zero attached hydrogens (tertiary/aromatic N) is 2. The third-order valence-corrected chi connectivity index (χ3v) is 7.46. The number of piperidine rings is 1. The van der Waals surface area contributed by atoms with Gasteiger partial charge in [-0.05, 0) is 51.0 Å². The molecule has 1 fully saturated rings. The monoisotopic (exact) mass is 472 g/mol. The lowest BCUT2D eigenvalue weighted by molar-refractivity contribution is -0.126. The van der Waals surface area contributed by atoms with Gasteiger partial charge in [-0.3, -0.25) is 9.89 Å². The van der Waals surface area contributed by atoms with Gasteiger partial charge in [-0.2, -0.15) is 9.40 Å². The molecule has 0 radical (unpaired) electrons. The Morgan fingerprint density at radius 2 is 2.00 bits per heavy atom. The second kappa shape index (κ2) is 9.80. The van der Waals surface area contributed by atoms with Gasteiger partial charge in [0.05, 0.1) is 6.61 Å². The zero-order valence-electron chi connectivity index (χ0n) is 18.7. The van der Waals surface area contributed by atoms with Gasteiger partial charge in [-0.15, -0.1) is 0 Å². The van der Waals surface area contributed by atoms with Crippen molar-refractivity contribution in [1.29, 1.82) is 0 Å². The number of benzene rings is 1. The number of H-pyrrole nitrogens is 1. The molecule has 1 aliphatic heterocycles. The van der Waals surface area contributed by atoms with Gasteiger partial charge >= 0.3 is 0 Å². The van der Waals surface area contributed by atoms with Crippen LogP contribution in [0.15, 0.2) is 52.0 Å². The molecule has 1 aliphatic rings. The van der Waals surface area contributed by atoms with Gasteiger partial charge in [0, 0.05) is 36.8 Å². The SMILES string of the molecule is CCOc1ccccc1CNC(=O)C1CCN(S(=O)(=O)c2ccc(-c3cc(C)[nH]n3)o2)CC1. The van der Waals surface area contributed by atoms with Gasteiger partial charge in [0.15, 0.2) is 5.76 Å². The number of ether oxygens (including phenoxy) is 1. The number of carbonyl (C=O) groups excluding carboxylic acids is 1. The first-order valence-electron chi connectivity index (χ1n) is 11.0. The molecule has 33 heavy (non-hydrogen) atoms. The Labute approximate surface area is 193 Å². The summed E-state index contributed by atoms with van der Waals surface area (Å²) in [5.74, 6) is 0.825. The Balaban J connectivity index is 1.33. The fraction of sp³-hybridized carbons (Fsp3) is 0.391. The molecule has 3 heterocycles. The molecule has 4 rings (SSSR count). The molecule has 0 saturated carbocycles. The summed E-state index contributed by atoms with van der Waals surface area (Å²) in [5, 5.41) is 9.75. The summed E-state index contributed by atoms with van der Waals surface area (Å²) in [4.78, 5) is 12.7. The van der Waals surface area contributed by atoms with E-state index in [0.717, 1.165) is 17.0 Å². The van der Waals surface area contributed by atoms with Crippen LogP contribution in [0, 0.1) is 12.8 Å². The normalized spacial score (nSPS) is 15.5. The zero-order valence-corrected chi connectivity index (χ0v) is 19.5. The van der Waals surface area contributed by atoms with Crippen molar-refractivity contribution in [3.63, 3.8) is 0 Å². The molecule has 176 valence electrons. The summed E-state index contributed by atoms with van der Waals surface area (Å²) in [6, 6.07) is 12.4. The zero-order chi connectivity index (χ0) is 23.4. The van der Waals surface area contributed by atoms with Gasteiger partial charge in [0.25, 0.3) is 10.0 Å². The Morgan fingerprint density at radius 1 is 1.24 bits per heavy atom. The van der Waals surface area contributed by atoms with Crippen molar-refractivity contribution < 1.29 is 22.4 Å². The van der Waals surface area contributed by atoms with Crippen molar-refractivity contribution in [3.8, 4) is 17.2 Å². The molecule has 0 unspecified atom stereocenters. The first kappa shape index (κ1) is 23.1. The number of para-hydroxylation sites is 1. The van der Waals surface area contributed by atoms with Crippen molar-refractivity contribution >= 4 is 15.9 Å². The van der Waals surface area contributed by atoms with E-state index in [-0.39, 0.29) is 30.0 Å². The number of hydrogen-bond donors (Lipinski definition) is 2. The average Bonchev–Trinajstić information content (AvgIpc) is 3.48. The van der Waals surface area contributed by atoms with E-state index in [4.69, 9.17) is 9.15 Å². The molecule has 10 heteroatoms. The predicted octanol–water partition coefficient (Wildman–Crippen LogP) is 3.09. The summed E-state index contributed by atoms with van der Waals surface area (Å²) in [6.07, 6.45) is 0.897. The van der Waals surface area contributed by atoms with Crippen LogP contribution in [-0.4, -0.2) is 48.5 Å². The highest BCUT2D eigenvalue weighted by molar-refractivity contribution is 7.89. The smallest absolute Gasteiger partial charge is 0.276 e. The third-order valence-electron chi connectivity index (χ3n) is 5.68. The first-order chi connectivity index (χ1) is 15.9. The number of aromatic nitrogens is 2. The van der Waals surface area contributed by atoms with Crippen molar-refractivity contribution in [3.05, 3.63) is 53.7 Å². The number of hydrogen-bond acceptors (Lipinski definition) is 6. The fourth-order valence-corrected chi connectivity index (χ4v) is 5.28. The van der Waals surface area contributed by atoms with E-state index in [1.807, 2.05) is 38.1 Å². The van der Waals surface area contributed by atoms with Crippen molar-refractivity contribution in [2.24, 2.45) is 5.92 Å². The number of sulfonamides is 1. The molecule has 2 aromatic heterocycles. The third kappa shape index (κ3) is 5.12. The lowest BCUT2D eigenvalue weighted by atomic mass is 9.97. The predicted molar refractivity (Wildman–Crippen MR) is 122 cm³/mol. The fourth-order valence-electron chi connectivity index (χ4n) is 3.90. The maximum absolute atomic E-state index is 13.0. The minimum atomic E-state index is -3.78. The second-order valence-corrected chi connectivity index (χ2v) is 9.86. The number of rotatable bonds is 8. The Bertz CT molecular complexity index is 1210. The van der Waals surface area contributed by atoms with E-state index in [9.17, 15) is 13.2 Å². The van der Waals surface area contributed by atoms with Crippen LogP contribution < -0.4 is 10.1 Å². The summed E-state index contributed by atoms with van der Waals surface area (Å²) in [5.41, 5.74) is 2.32. The molecular weight excluding hydrogens is 444 g/mol. The van der Waals surface area contributed by atoms with Crippen LogP contribution in [-0.2, 0) is 21.4 Å². The van der Waals surface area contributed by atoms with E-state index in [1.165, 1.54) is 10.4 Å². The molecule has 0 atom stereocenters. The Hall–Kier alpha value is -3.11. The van der Waals surface area contributed by atoms with Crippen LogP contribution in [0.3, 0.4) is 0 Å². The average molecular weight is 473 g/mol. The molecule has 1 saturated heterocycles. The van der Waals surface area contributed by atoms with E-state index < -0.39 is 10.0 Å². The Kier molecular flexibility index (Phi) is 6.85. The number of carbonyl (C=O) groups is 1. The highest BCUT2D eigenvalue weighted by Gasteiger charge is 2.34. The van der Waals surface area contributed by atoms with Crippen LogP contribution in [0.1, 0.15) is 31.0 Å². The van der Waals surface area contributed by atoms with E-state index in [1.54, 1.807) is 12.1 Å². The number of furan rings is 1. The largest absolute Gasteiger partial charge is 0.494 e. The van der Waals surface area contributed by atoms with E-state index in [2.05, 4.69) is 15.5 Å². The molecule has 3 aromatic rings. The first-order valence-corrected chi connectivity index (χ1v) is 12.4. The molecule has 1 aromatic carbocycles. The summed E-state index contributed by atoms with van der Waals surface area (Å²) < 4.78 is 38.6. The molecule has 0 spiro atoms. The van der Waals surface area contributed by atoms with Gasteiger partial charge in [0.2, 0.25) is 11.0 Å². The quantitative estimate of drug-likeness (QED) is 0.520. The maximum atomic E-state index is 13.0. The van der Waals surface area contributed by atoms with E-state index >= 15 is 0 Å². The summed E-state index contributed by atoms with van der Waals surface area (Å²) in [7, 11) is -3.78. The summed E-state index contributed by atoms with van der Waals surface area (Å²) in [6.45, 7) is 5.21. The number of aromatic amines is 1. The van der Waals surface area contributed by atoms with Gasteiger partial charge in [-0.1, -0.05) is 18.2 Å². The van der Waals surface area contributed by atoms with Crippen LogP contribution in [0.2, 0.25) is 0 Å². The van der Waals surface area contributed by atoms with E-state index in [0.29, 0.717) is 37.4 Å². The number of nitrogens with one attached hydrogen (secondary N) is 2. The molecule has 9 nitrogen and oxygen atoms in total. The minimum absolute atomic E-state index is 0.0764. The van der Waals surface area contributed by atoms with Crippen molar-refractivity contribution in [1.82, 2.24) is 19.8 Å². The lowest BCUT2D eigenvalue weighted by Gasteiger charge is -2.29. The lowest BCUT2D eigenvalue weighted by Crippen LogP contribution is -2.42. The highest BCUT2D eigenvalue weighted by atomic mass is 32.2. The molecule has 2 N–H and O–H groups in total. The van der Waals surface area contributed by atoms with Crippen molar-refractivity contribution in [2.75, 3.05) is 19.7 Å². The van der Waals surface area contributed by atoms with Crippen LogP contribution in [0.25, 0.3) is 11.5 Å². The Morgan fingerprint density at radius 3 is 2.70 bits per heavy atom. The van der Waals surface area contributed by atoms with Gasteiger partial charge < -0.3 is 14.5 Å². The molecule has 0 bridgehead atoms. The van der Waals surface area contributed by atoms with Crippen molar-refractivity contribution in [2.45, 2.75) is 38.3 Å². The van der Waals surface area contributed by atoms with Crippen LogP contribution >= 0.6 is 0 Å². The topological polar surface area (TPSA) is 118 Å². The highest BCUT2D eigenvalue weighted by Crippen LogP contribution is 2.28. The van der Waals surface area contributed by atoms with Crippen LogP contribution in [0.4, 0.5) is 0 Å².